The van der Waals surface area contributed by atoms with Gasteiger partial charge in [-0.15, -0.1) is 0 Å². The first-order valence-corrected chi connectivity index (χ1v) is 11.5. The third-order valence-electron chi connectivity index (χ3n) is 7.07. The van der Waals surface area contributed by atoms with Crippen LogP contribution >= 0.6 is 0 Å². The highest BCUT2D eigenvalue weighted by Crippen LogP contribution is 2.31. The van der Waals surface area contributed by atoms with Gasteiger partial charge in [0, 0.05) is 44.8 Å². The number of hydrogen-bond donors (Lipinski definition) is 2. The van der Waals surface area contributed by atoms with E-state index in [9.17, 15) is 19.2 Å². The van der Waals surface area contributed by atoms with Crippen molar-refractivity contribution in [1.82, 2.24) is 20.4 Å². The van der Waals surface area contributed by atoms with Crippen molar-refractivity contribution in [1.29, 1.82) is 0 Å². The fourth-order valence-corrected chi connectivity index (χ4v) is 5.20. The number of benzene rings is 1. The quantitative estimate of drug-likeness (QED) is 0.646. The van der Waals surface area contributed by atoms with Crippen LogP contribution in [-0.4, -0.2) is 85.3 Å². The Morgan fingerprint density at radius 3 is 2.38 bits per heavy atom. The largest absolute Gasteiger partial charge is 0.369 e. The number of amides is 4. The van der Waals surface area contributed by atoms with Crippen molar-refractivity contribution in [3.05, 3.63) is 29.3 Å². The van der Waals surface area contributed by atoms with Crippen molar-refractivity contribution in [3.63, 3.8) is 0 Å². The van der Waals surface area contributed by atoms with E-state index < -0.39 is 23.8 Å². The lowest BCUT2D eigenvalue weighted by molar-refractivity contribution is -0.136. The molecule has 4 aliphatic rings. The van der Waals surface area contributed by atoms with E-state index in [1.807, 2.05) is 6.07 Å². The van der Waals surface area contributed by atoms with Gasteiger partial charge in [-0.05, 0) is 56.5 Å². The molecule has 1 aromatic carbocycles. The number of nitrogens with zero attached hydrogens (tertiary/aromatic N) is 3. The SMILES string of the molecule is [2H]N1CCC(CN2CCN(c3ccc4c(c3)C(=O)N(C3CCC(=O)NC3=O)C4=O)CC2)CC1. The van der Waals surface area contributed by atoms with E-state index >= 15 is 0 Å². The summed E-state index contributed by atoms with van der Waals surface area (Å²) in [4.78, 5) is 55.3. The molecule has 1 atom stereocenters. The molecule has 0 aliphatic carbocycles. The van der Waals surface area contributed by atoms with Gasteiger partial charge in [0.25, 0.3) is 11.8 Å². The van der Waals surface area contributed by atoms with Crippen LogP contribution in [0.2, 0.25) is 1.41 Å². The van der Waals surface area contributed by atoms with E-state index in [4.69, 9.17) is 1.41 Å². The molecule has 0 bridgehead atoms. The van der Waals surface area contributed by atoms with Gasteiger partial charge in [-0.3, -0.25) is 34.3 Å². The van der Waals surface area contributed by atoms with E-state index in [0.29, 0.717) is 17.0 Å². The number of carbonyl (C=O) groups excluding carboxylic acids is 4. The van der Waals surface area contributed by atoms with Crippen molar-refractivity contribution in [2.75, 3.05) is 50.7 Å². The molecular formula is C23H29N5O4. The molecule has 1 unspecified atom stereocenters. The monoisotopic (exact) mass is 440 g/mol. The van der Waals surface area contributed by atoms with Crippen LogP contribution in [-0.2, 0) is 9.59 Å². The number of piperidine rings is 2. The van der Waals surface area contributed by atoms with Gasteiger partial charge in [-0.1, -0.05) is 0 Å². The minimum absolute atomic E-state index is 0.113. The molecular weight excluding hydrogens is 410 g/mol. The standard InChI is InChI=1S/C23H29N5O4/c29-20-4-3-19(21(30)25-20)28-22(31)17-2-1-16(13-18(17)23(28)32)27-11-9-26(10-12-27)14-15-5-7-24-8-6-15/h1-2,13,15,19,24H,3-12,14H2,(H,25,29,30)/i/hD. The van der Waals surface area contributed by atoms with Gasteiger partial charge in [-0.2, -0.15) is 0 Å². The zero-order chi connectivity index (χ0) is 23.1. The number of imide groups is 2. The summed E-state index contributed by atoms with van der Waals surface area (Å²) in [7, 11) is 0. The first-order chi connectivity index (χ1) is 15.9. The summed E-state index contributed by atoms with van der Waals surface area (Å²) in [5.74, 6) is -1.26. The lowest BCUT2D eigenvalue weighted by Crippen LogP contribution is -2.54. The topological polar surface area (TPSA) is 102 Å². The predicted octanol–water partition coefficient (Wildman–Crippen LogP) is 0.209. The smallest absolute Gasteiger partial charge is 0.262 e. The summed E-state index contributed by atoms with van der Waals surface area (Å²) in [6, 6.07) is 4.38. The number of hydrogen-bond acceptors (Lipinski definition) is 7. The third kappa shape index (κ3) is 3.91. The van der Waals surface area contributed by atoms with E-state index in [2.05, 4.69) is 15.1 Å². The lowest BCUT2D eigenvalue weighted by atomic mass is 9.97. The molecule has 5 rings (SSSR count). The Hall–Kier alpha value is -2.78. The molecule has 4 aliphatic heterocycles. The van der Waals surface area contributed by atoms with Gasteiger partial charge < -0.3 is 10.2 Å². The molecule has 32 heavy (non-hydrogen) atoms. The molecule has 3 fully saturated rings. The Bertz CT molecular complexity index is 985. The second kappa shape index (κ2) is 8.63. The van der Waals surface area contributed by atoms with Crippen LogP contribution in [0.1, 0.15) is 46.4 Å². The molecule has 4 heterocycles. The second-order valence-corrected chi connectivity index (χ2v) is 9.08. The van der Waals surface area contributed by atoms with Gasteiger partial charge in [-0.25, -0.2) is 0 Å². The highest BCUT2D eigenvalue weighted by Gasteiger charge is 2.44. The van der Waals surface area contributed by atoms with Gasteiger partial charge in [0.15, 0.2) is 0 Å². The number of rotatable bonds is 4. The summed E-state index contributed by atoms with van der Waals surface area (Å²) < 4.78 is 7.70. The lowest BCUT2D eigenvalue weighted by Gasteiger charge is -2.38. The molecule has 9 nitrogen and oxygen atoms in total. The number of piperazine rings is 1. The maximum Gasteiger partial charge on any atom is 0.262 e. The van der Waals surface area contributed by atoms with E-state index in [1.54, 1.807) is 17.4 Å². The van der Waals surface area contributed by atoms with Crippen LogP contribution in [0.5, 0.6) is 0 Å². The maximum absolute atomic E-state index is 13.1. The van der Waals surface area contributed by atoms with E-state index in [-0.39, 0.29) is 18.7 Å². The normalized spacial score (nSPS) is 26.4. The number of carbonyl (C=O) groups is 4. The molecule has 2 N–H and O–H groups in total. The highest BCUT2D eigenvalue weighted by atomic mass is 16.2. The summed E-state index contributed by atoms with van der Waals surface area (Å²) in [5, 5.41) is 3.87. The average molecular weight is 441 g/mol. The van der Waals surface area contributed by atoms with Crippen LogP contribution < -0.4 is 15.5 Å². The molecule has 0 aromatic heterocycles. The minimum atomic E-state index is -0.941. The molecule has 0 radical (unpaired) electrons. The maximum atomic E-state index is 13.1. The van der Waals surface area contributed by atoms with Crippen LogP contribution in [0.25, 0.3) is 0 Å². The fourth-order valence-electron chi connectivity index (χ4n) is 5.20. The Labute approximate surface area is 188 Å². The Balaban J connectivity index is 1.23. The summed E-state index contributed by atoms with van der Waals surface area (Å²) in [5.41, 5.74) is 1.54. The molecule has 1 aromatic rings. The zero-order valence-corrected chi connectivity index (χ0v) is 18.1. The van der Waals surface area contributed by atoms with Crippen molar-refractivity contribution in [3.8, 4) is 0 Å². The summed E-state index contributed by atoms with van der Waals surface area (Å²) >= 11 is 0. The van der Waals surface area contributed by atoms with E-state index in [0.717, 1.165) is 69.2 Å². The van der Waals surface area contributed by atoms with Crippen molar-refractivity contribution in [2.45, 2.75) is 31.7 Å². The minimum Gasteiger partial charge on any atom is -0.369 e. The number of nitrogens with one attached hydrogen (secondary N) is 2. The summed E-state index contributed by atoms with van der Waals surface area (Å²) in [6.07, 6.45) is 2.43. The molecule has 3 saturated heterocycles. The molecule has 0 saturated carbocycles. The predicted molar refractivity (Wildman–Crippen MR) is 117 cm³/mol. The Morgan fingerprint density at radius 2 is 1.66 bits per heavy atom. The van der Waals surface area contributed by atoms with Crippen molar-refractivity contribution in [2.24, 2.45) is 5.92 Å². The van der Waals surface area contributed by atoms with Crippen molar-refractivity contribution < 1.29 is 20.6 Å². The van der Waals surface area contributed by atoms with Gasteiger partial charge in [0.2, 0.25) is 11.8 Å². The Morgan fingerprint density at radius 1 is 0.938 bits per heavy atom. The number of fused-ring (bicyclic) bond motifs is 1. The van der Waals surface area contributed by atoms with E-state index in [1.165, 1.54) is 0 Å². The molecule has 0 spiro atoms. The zero-order valence-electron chi connectivity index (χ0n) is 19.1. The van der Waals surface area contributed by atoms with Gasteiger partial charge in [0.05, 0.1) is 11.1 Å². The fraction of sp³-hybridized carbons (Fsp3) is 0.565. The molecule has 4 amide bonds. The highest BCUT2D eigenvalue weighted by molar-refractivity contribution is 6.23. The first-order valence-electron chi connectivity index (χ1n) is 11.9. The third-order valence-corrected chi connectivity index (χ3v) is 7.07. The first kappa shape index (κ1) is 19.9. The Kier molecular flexibility index (Phi) is 5.36. The second-order valence-electron chi connectivity index (χ2n) is 9.08. The van der Waals surface area contributed by atoms with Crippen LogP contribution in [0.15, 0.2) is 18.2 Å². The van der Waals surface area contributed by atoms with Gasteiger partial charge >= 0.3 is 0 Å². The molecule has 9 heteroatoms. The van der Waals surface area contributed by atoms with Crippen LogP contribution in [0.4, 0.5) is 5.69 Å². The van der Waals surface area contributed by atoms with Crippen LogP contribution in [0.3, 0.4) is 0 Å². The molecule has 170 valence electrons. The van der Waals surface area contributed by atoms with Crippen LogP contribution in [0, 0.1) is 5.92 Å². The summed E-state index contributed by atoms with van der Waals surface area (Å²) in [6.45, 7) is 6.33. The van der Waals surface area contributed by atoms with Gasteiger partial charge in [0.1, 0.15) is 7.45 Å². The average Bonchev–Trinajstić information content (AvgIpc) is 3.06. The van der Waals surface area contributed by atoms with Crippen molar-refractivity contribution >= 4 is 29.3 Å². The number of anilines is 1.